The number of aromatic hydroxyl groups is 1. The lowest BCUT2D eigenvalue weighted by Gasteiger charge is -2.62. The molecule has 7 aliphatic rings. The summed E-state index contributed by atoms with van der Waals surface area (Å²) in [5.74, 6) is -0.457. The van der Waals surface area contributed by atoms with Gasteiger partial charge in [-0.15, -0.1) is 11.8 Å². The Balaban J connectivity index is 1.08. The van der Waals surface area contributed by atoms with E-state index in [4.69, 9.17) is 37.6 Å². The number of piperazine rings is 1. The monoisotopic (exact) mass is 942 g/mol. The summed E-state index contributed by atoms with van der Waals surface area (Å²) in [5.41, 5.74) is 2.92. The molecule has 68 heavy (non-hydrogen) atoms. The average molecular weight is 943 g/mol. The number of likely N-dealkylation sites (N-methyl/N-ethyl adjacent to an activating group) is 1. The Bertz CT molecular complexity index is 3130. The van der Waals surface area contributed by atoms with Crippen molar-refractivity contribution >= 4 is 40.6 Å². The van der Waals surface area contributed by atoms with Crippen molar-refractivity contribution in [1.29, 1.82) is 5.26 Å². The number of ether oxygens (including phenoxy) is 7. The largest absolute Gasteiger partial charge is 0.504 e. The predicted molar refractivity (Wildman–Crippen MR) is 244 cm³/mol. The van der Waals surface area contributed by atoms with Crippen LogP contribution in [0.15, 0.2) is 57.7 Å². The summed E-state index contributed by atoms with van der Waals surface area (Å²) < 4.78 is 47.9. The number of hydrogen-bond acceptors (Lipinski definition) is 18. The minimum Gasteiger partial charge on any atom is -0.504 e. The number of nitrogens with zero attached hydrogens (tertiary/aromatic N) is 3. The number of benzene rings is 4. The first-order chi connectivity index (χ1) is 32.8. The molecule has 8 heterocycles. The number of thioether (sulfide) groups is 1. The Morgan fingerprint density at radius 2 is 1.75 bits per heavy atom. The highest BCUT2D eigenvalue weighted by molar-refractivity contribution is 7.99. The summed E-state index contributed by atoms with van der Waals surface area (Å²) in [6.45, 7) is 4.98. The first-order valence-electron chi connectivity index (χ1n) is 22.2. The highest BCUT2D eigenvalue weighted by atomic mass is 32.2. The maximum atomic E-state index is 15.2. The zero-order valence-corrected chi connectivity index (χ0v) is 38.7. The molecule has 5 aromatic rings. The number of fused-ring (bicyclic) bond motifs is 10. The lowest BCUT2D eigenvalue weighted by atomic mass is 9.71. The smallest absolute Gasteiger partial charge is 0.351 e. The van der Waals surface area contributed by atoms with Gasteiger partial charge in [-0.2, -0.15) is 5.26 Å². The second-order valence-electron chi connectivity index (χ2n) is 17.9. The standard InChI is InChI=1S/C50H46N4O13S/c1-22-13-27-15-30-31(18-51)54-32-19-62-49(59)50(29-17-34(60-5)35(16-25(29)11-12-52-50)67-48(58)28-14-26-9-7-8-10-33(26)66-47(28)57)20-68-46(40(54)39(53(30)4)36(27)41(56)42(22)61-6)38-37(32)45-44(63-21-64-45)23(2)43(38)65-24(3)55/h7-10,13-14,16-17,30-32,39-40,46,52,56H,11-12,15,19-21H2,1-6H3/t30-,31-,32+,39+,40?,46+,50+/m0/s1. The minimum atomic E-state index is -1.52. The van der Waals surface area contributed by atoms with Crippen molar-refractivity contribution in [2.75, 3.05) is 47.0 Å². The molecule has 7 atom stereocenters. The third kappa shape index (κ3) is 6.32. The summed E-state index contributed by atoms with van der Waals surface area (Å²) in [4.78, 5) is 59.2. The van der Waals surface area contributed by atoms with E-state index >= 15 is 4.79 Å². The zero-order chi connectivity index (χ0) is 47.5. The van der Waals surface area contributed by atoms with Gasteiger partial charge >= 0.3 is 23.5 Å². The molecule has 2 fully saturated rings. The third-order valence-electron chi connectivity index (χ3n) is 14.5. The van der Waals surface area contributed by atoms with Gasteiger partial charge in [-0.1, -0.05) is 24.3 Å². The molecule has 1 spiro atoms. The van der Waals surface area contributed by atoms with Crippen LogP contribution in [0.4, 0.5) is 0 Å². The summed E-state index contributed by atoms with van der Waals surface area (Å²) >= 11 is 1.42. The topological polar surface area (TPSA) is 209 Å². The maximum Gasteiger partial charge on any atom is 0.351 e. The molecule has 4 aromatic carbocycles. The SMILES string of the molecule is COc1cc2c(cc1OC(=O)c1cc3ccccc3oc1=O)CCN[C@]21CS[C@@H]2c3c(OC(C)=O)c(C)c4c(c3[C@@H](COC1=O)N1C2[C@H]2c3c(cc(C)c(OC)c3O)C[C@@H]([C@@H]1C#N)N2C)OCO4. The summed E-state index contributed by atoms with van der Waals surface area (Å²) in [6, 6.07) is 13.1. The van der Waals surface area contributed by atoms with Gasteiger partial charge in [-0.25, -0.2) is 14.4 Å². The van der Waals surface area contributed by atoms with Gasteiger partial charge in [0.15, 0.2) is 40.0 Å². The van der Waals surface area contributed by atoms with Crippen LogP contribution in [0.2, 0.25) is 0 Å². The quantitative estimate of drug-likeness (QED) is 0.125. The van der Waals surface area contributed by atoms with Crippen molar-refractivity contribution < 1.29 is 57.1 Å². The molecule has 0 amide bonds. The van der Waals surface area contributed by atoms with Crippen molar-refractivity contribution in [3.63, 3.8) is 0 Å². The lowest BCUT2D eigenvalue weighted by molar-refractivity contribution is -0.157. The highest BCUT2D eigenvalue weighted by Crippen LogP contribution is 2.64. The number of nitriles is 1. The molecule has 0 aliphatic carbocycles. The number of methoxy groups -OCH3 is 2. The molecule has 2 saturated heterocycles. The van der Waals surface area contributed by atoms with Gasteiger partial charge in [0.1, 0.15) is 29.5 Å². The van der Waals surface area contributed by atoms with Gasteiger partial charge in [0.2, 0.25) is 6.79 Å². The molecule has 12 rings (SSSR count). The number of phenols is 1. The molecule has 1 aromatic heterocycles. The van der Waals surface area contributed by atoms with Crippen LogP contribution in [0, 0.1) is 25.2 Å². The predicted octanol–water partition coefficient (Wildman–Crippen LogP) is 5.61. The van der Waals surface area contributed by atoms with Gasteiger partial charge in [-0.05, 0) is 80.3 Å². The normalized spacial score (nSPS) is 25.6. The summed E-state index contributed by atoms with van der Waals surface area (Å²) in [6.07, 6.45) is 0.865. The van der Waals surface area contributed by atoms with Crippen molar-refractivity contribution in [2.45, 2.75) is 74.6 Å². The van der Waals surface area contributed by atoms with Crippen LogP contribution in [-0.2, 0) is 32.7 Å². The molecular weight excluding hydrogens is 897 g/mol. The van der Waals surface area contributed by atoms with Crippen LogP contribution >= 0.6 is 11.8 Å². The van der Waals surface area contributed by atoms with E-state index in [1.807, 2.05) is 20.0 Å². The van der Waals surface area contributed by atoms with Gasteiger partial charge < -0.3 is 42.7 Å². The molecular formula is C50H46N4O13S. The molecule has 350 valence electrons. The average Bonchev–Trinajstić information content (AvgIpc) is 3.81. The molecule has 7 aliphatic heterocycles. The van der Waals surface area contributed by atoms with Crippen LogP contribution in [0.3, 0.4) is 0 Å². The van der Waals surface area contributed by atoms with Crippen LogP contribution < -0.4 is 39.4 Å². The van der Waals surface area contributed by atoms with Crippen molar-refractivity contribution in [3.8, 4) is 46.3 Å². The number of aryl methyl sites for hydroxylation is 1. The van der Waals surface area contributed by atoms with E-state index in [-0.39, 0.29) is 53.8 Å². The van der Waals surface area contributed by atoms with Crippen molar-refractivity contribution in [3.05, 3.63) is 109 Å². The number of hydrogen-bond donors (Lipinski definition) is 2. The number of para-hydroxylation sites is 1. The number of phenolic OH excluding ortho intramolecular Hbond substituents is 1. The number of rotatable bonds is 5. The van der Waals surface area contributed by atoms with Crippen LogP contribution in [0.25, 0.3) is 11.0 Å². The first-order valence-corrected chi connectivity index (χ1v) is 23.3. The van der Waals surface area contributed by atoms with Crippen LogP contribution in [0.5, 0.6) is 40.2 Å². The Morgan fingerprint density at radius 1 is 0.956 bits per heavy atom. The molecule has 2 N–H and O–H groups in total. The molecule has 17 nitrogen and oxygen atoms in total. The molecule has 0 saturated carbocycles. The zero-order valence-electron chi connectivity index (χ0n) is 37.9. The summed E-state index contributed by atoms with van der Waals surface area (Å²) in [7, 11) is 4.89. The number of carbonyl (C=O) groups excluding carboxylic acids is 3. The fraction of sp³-hybridized carbons (Fsp3) is 0.380. The Kier molecular flexibility index (Phi) is 10.4. The highest BCUT2D eigenvalue weighted by Gasteiger charge is 2.62. The van der Waals surface area contributed by atoms with Crippen LogP contribution in [0.1, 0.15) is 79.1 Å². The van der Waals surface area contributed by atoms with Gasteiger partial charge in [-0.3, -0.25) is 19.9 Å². The van der Waals surface area contributed by atoms with E-state index in [1.54, 1.807) is 43.3 Å². The van der Waals surface area contributed by atoms with Crippen molar-refractivity contribution in [2.24, 2.45) is 0 Å². The number of esters is 3. The third-order valence-corrected chi connectivity index (χ3v) is 16.0. The molecule has 1 unspecified atom stereocenters. The maximum absolute atomic E-state index is 15.2. The van der Waals surface area contributed by atoms with E-state index in [2.05, 4.69) is 21.2 Å². The van der Waals surface area contributed by atoms with E-state index in [9.17, 15) is 24.8 Å². The summed E-state index contributed by atoms with van der Waals surface area (Å²) in [5, 5.41) is 26.9. The van der Waals surface area contributed by atoms with Crippen molar-refractivity contribution in [1.82, 2.24) is 15.1 Å². The number of carbonyl (C=O) groups is 3. The Morgan fingerprint density at radius 3 is 2.51 bits per heavy atom. The molecule has 0 radical (unpaired) electrons. The Hall–Kier alpha value is -6.78. The van der Waals surface area contributed by atoms with Gasteiger partial charge in [0, 0.05) is 58.9 Å². The lowest BCUT2D eigenvalue weighted by Crippen LogP contribution is -2.69. The van der Waals surface area contributed by atoms with E-state index in [0.717, 1.165) is 11.1 Å². The fourth-order valence-corrected chi connectivity index (χ4v) is 13.3. The van der Waals surface area contributed by atoms with E-state index < -0.39 is 58.5 Å². The molecule has 18 heteroatoms. The second kappa shape index (κ2) is 16.2. The first kappa shape index (κ1) is 43.8. The van der Waals surface area contributed by atoms with Gasteiger partial charge in [0.25, 0.3) is 0 Å². The fourth-order valence-electron chi connectivity index (χ4n) is 11.6. The molecule has 4 bridgehead atoms. The minimum absolute atomic E-state index is 0.00397. The van der Waals surface area contributed by atoms with E-state index in [0.29, 0.717) is 81.0 Å². The Labute approximate surface area is 393 Å². The second-order valence-corrected chi connectivity index (χ2v) is 19.1. The van der Waals surface area contributed by atoms with Gasteiger partial charge in [0.05, 0.1) is 37.6 Å². The van der Waals surface area contributed by atoms with E-state index in [1.165, 1.54) is 39.0 Å². The number of nitrogens with one attached hydrogen (secondary N) is 1. The van der Waals surface area contributed by atoms with Crippen LogP contribution in [-0.4, -0.2) is 97.9 Å².